The Bertz CT molecular complexity index is 523. The van der Waals surface area contributed by atoms with Crippen molar-refractivity contribution in [3.05, 3.63) is 35.8 Å². The summed E-state index contributed by atoms with van der Waals surface area (Å²) < 4.78 is 11.4. The summed E-state index contributed by atoms with van der Waals surface area (Å²) >= 11 is 0. The molecule has 128 valence electrons. The van der Waals surface area contributed by atoms with Crippen LogP contribution in [0.15, 0.2) is 45.7 Å². The number of aliphatic imine (C=N–C) groups is 2. The molecule has 1 aliphatic rings. The van der Waals surface area contributed by atoms with E-state index in [9.17, 15) is 0 Å². The molecule has 0 aromatic carbocycles. The number of rotatable bonds is 8. The van der Waals surface area contributed by atoms with Crippen LogP contribution in [0.5, 0.6) is 0 Å². The van der Waals surface area contributed by atoms with Gasteiger partial charge in [-0.3, -0.25) is 4.99 Å². The average molecular weight is 318 g/mol. The fourth-order valence-electron chi connectivity index (χ4n) is 2.14. The fourth-order valence-corrected chi connectivity index (χ4v) is 2.14. The topological polar surface area (TPSA) is 43.2 Å². The van der Waals surface area contributed by atoms with Gasteiger partial charge in [-0.05, 0) is 46.6 Å². The zero-order valence-corrected chi connectivity index (χ0v) is 15.3. The Balaban J connectivity index is 2.73. The van der Waals surface area contributed by atoms with Gasteiger partial charge in [0, 0.05) is 11.8 Å². The third kappa shape index (κ3) is 7.31. The van der Waals surface area contributed by atoms with Gasteiger partial charge in [0.25, 0.3) is 0 Å². The molecule has 0 radical (unpaired) electrons. The van der Waals surface area contributed by atoms with Crippen LogP contribution in [0.2, 0.25) is 0 Å². The van der Waals surface area contributed by atoms with E-state index in [1.807, 2.05) is 59.1 Å². The molecule has 4 heteroatoms. The van der Waals surface area contributed by atoms with Crippen molar-refractivity contribution in [3.8, 4) is 0 Å². The second-order valence-corrected chi connectivity index (χ2v) is 5.95. The lowest BCUT2D eigenvalue weighted by Gasteiger charge is -2.13. The second-order valence-electron chi connectivity index (χ2n) is 5.95. The molecule has 0 saturated carbocycles. The molecule has 1 heterocycles. The monoisotopic (exact) mass is 318 g/mol. The summed E-state index contributed by atoms with van der Waals surface area (Å²) in [5, 5.41) is 0. The smallest absolute Gasteiger partial charge is 0.209 e. The van der Waals surface area contributed by atoms with Crippen molar-refractivity contribution >= 4 is 11.6 Å². The van der Waals surface area contributed by atoms with Crippen LogP contribution in [-0.2, 0) is 9.47 Å². The Kier molecular flexibility index (Phi) is 8.38. The largest absolute Gasteiger partial charge is 0.492 e. The van der Waals surface area contributed by atoms with E-state index < -0.39 is 0 Å². The van der Waals surface area contributed by atoms with Gasteiger partial charge in [-0.1, -0.05) is 25.5 Å². The molecule has 0 saturated heterocycles. The molecular weight excluding hydrogens is 288 g/mol. The first-order valence-electron chi connectivity index (χ1n) is 8.37. The van der Waals surface area contributed by atoms with Crippen LogP contribution in [-0.4, -0.2) is 30.4 Å². The lowest BCUT2D eigenvalue weighted by molar-refractivity contribution is 0.189. The van der Waals surface area contributed by atoms with Gasteiger partial charge in [0.2, 0.25) is 5.90 Å². The van der Waals surface area contributed by atoms with E-state index in [1.165, 1.54) is 0 Å². The maximum absolute atomic E-state index is 5.88. The van der Waals surface area contributed by atoms with Crippen LogP contribution < -0.4 is 0 Å². The van der Waals surface area contributed by atoms with E-state index in [2.05, 4.69) is 16.9 Å². The first-order chi connectivity index (χ1) is 11.0. The van der Waals surface area contributed by atoms with Gasteiger partial charge in [-0.15, -0.1) is 0 Å². The Hall–Kier alpha value is -1.84. The van der Waals surface area contributed by atoms with Crippen LogP contribution in [0.4, 0.5) is 0 Å². The summed E-state index contributed by atoms with van der Waals surface area (Å²) in [6.07, 6.45) is 9.70. The van der Waals surface area contributed by atoms with Gasteiger partial charge in [-0.2, -0.15) is 0 Å². The molecule has 1 rings (SSSR count). The van der Waals surface area contributed by atoms with Crippen molar-refractivity contribution in [3.63, 3.8) is 0 Å². The fraction of sp³-hybridized carbons (Fsp3) is 0.579. The predicted molar refractivity (Wildman–Crippen MR) is 98.1 cm³/mol. The minimum atomic E-state index is -0.0738. The van der Waals surface area contributed by atoms with E-state index in [-0.39, 0.29) is 12.1 Å². The van der Waals surface area contributed by atoms with Gasteiger partial charge < -0.3 is 9.47 Å². The highest BCUT2D eigenvalue weighted by Crippen LogP contribution is 2.14. The summed E-state index contributed by atoms with van der Waals surface area (Å²) in [6.45, 7) is 12.8. The van der Waals surface area contributed by atoms with E-state index in [1.54, 1.807) is 0 Å². The molecule has 0 aliphatic carbocycles. The lowest BCUT2D eigenvalue weighted by Crippen LogP contribution is -2.08. The maximum atomic E-state index is 5.88. The molecule has 0 bridgehead atoms. The normalized spacial score (nSPS) is 20.3. The van der Waals surface area contributed by atoms with Crippen molar-refractivity contribution in [2.24, 2.45) is 9.98 Å². The van der Waals surface area contributed by atoms with Crippen molar-refractivity contribution in [1.82, 2.24) is 0 Å². The summed E-state index contributed by atoms with van der Waals surface area (Å²) in [5.41, 5.74) is 3.09. The summed E-state index contributed by atoms with van der Waals surface area (Å²) in [6, 6.07) is 0.247. The minimum Gasteiger partial charge on any atom is -0.492 e. The minimum absolute atomic E-state index is 0.0738. The molecule has 2 unspecified atom stereocenters. The third-order valence-corrected chi connectivity index (χ3v) is 3.29. The predicted octanol–water partition coefficient (Wildman–Crippen LogP) is 4.83. The number of nitrogens with zero attached hydrogens (tertiary/aromatic N) is 2. The zero-order chi connectivity index (χ0) is 17.2. The number of hydrogen-bond donors (Lipinski definition) is 0. The number of allylic oxidation sites excluding steroid dienone is 3. The Morgan fingerprint density at radius 1 is 1.48 bits per heavy atom. The molecule has 23 heavy (non-hydrogen) atoms. The molecule has 0 N–H and O–H groups in total. The molecule has 4 nitrogen and oxygen atoms in total. The Labute approximate surface area is 140 Å². The van der Waals surface area contributed by atoms with Crippen LogP contribution >= 0.6 is 0 Å². The molecule has 0 aromatic heterocycles. The van der Waals surface area contributed by atoms with Crippen molar-refractivity contribution in [1.29, 1.82) is 0 Å². The van der Waals surface area contributed by atoms with Gasteiger partial charge in [-0.25, -0.2) is 4.99 Å². The zero-order valence-electron chi connectivity index (χ0n) is 15.3. The summed E-state index contributed by atoms with van der Waals surface area (Å²) in [4.78, 5) is 8.91. The first kappa shape index (κ1) is 19.2. The van der Waals surface area contributed by atoms with E-state index in [0.717, 1.165) is 29.8 Å². The van der Waals surface area contributed by atoms with Crippen LogP contribution in [0.25, 0.3) is 0 Å². The number of hydrogen-bond acceptors (Lipinski definition) is 4. The third-order valence-electron chi connectivity index (χ3n) is 3.29. The quantitative estimate of drug-likeness (QED) is 0.365. The van der Waals surface area contributed by atoms with Gasteiger partial charge >= 0.3 is 0 Å². The van der Waals surface area contributed by atoms with Gasteiger partial charge in [0.15, 0.2) is 0 Å². The Morgan fingerprint density at radius 2 is 2.22 bits per heavy atom. The summed E-state index contributed by atoms with van der Waals surface area (Å²) in [7, 11) is 0. The van der Waals surface area contributed by atoms with Gasteiger partial charge in [0.05, 0.1) is 18.0 Å². The second kappa shape index (κ2) is 10.0. The van der Waals surface area contributed by atoms with Crippen LogP contribution in [0.1, 0.15) is 54.4 Å². The van der Waals surface area contributed by atoms with Crippen LogP contribution in [0, 0.1) is 0 Å². The maximum Gasteiger partial charge on any atom is 0.209 e. The highest BCUT2D eigenvalue weighted by atomic mass is 16.5. The van der Waals surface area contributed by atoms with Gasteiger partial charge in [0.1, 0.15) is 12.7 Å². The Morgan fingerprint density at radius 3 is 2.74 bits per heavy atom. The average Bonchev–Trinajstić information content (AvgIpc) is 2.92. The summed E-state index contributed by atoms with van der Waals surface area (Å²) in [5.74, 6) is 0.702. The molecule has 2 atom stereocenters. The lowest BCUT2D eigenvalue weighted by atomic mass is 10.1. The molecule has 0 fully saturated rings. The van der Waals surface area contributed by atoms with E-state index in [4.69, 9.17) is 9.47 Å². The highest BCUT2D eigenvalue weighted by molar-refractivity contribution is 5.89. The number of ether oxygens (including phenoxy) is 2. The van der Waals surface area contributed by atoms with E-state index in [0.29, 0.717) is 12.5 Å². The molecular formula is C19H30N2O2. The molecule has 1 aliphatic heterocycles. The highest BCUT2D eigenvalue weighted by Gasteiger charge is 2.11. The molecule has 0 spiro atoms. The molecule has 0 amide bonds. The first-order valence-corrected chi connectivity index (χ1v) is 8.37. The van der Waals surface area contributed by atoms with Crippen LogP contribution in [0.3, 0.4) is 0 Å². The van der Waals surface area contributed by atoms with Crippen molar-refractivity contribution in [2.45, 2.75) is 66.5 Å². The van der Waals surface area contributed by atoms with Crippen molar-refractivity contribution < 1.29 is 9.47 Å². The molecule has 0 aromatic rings. The van der Waals surface area contributed by atoms with E-state index >= 15 is 0 Å². The standard InChI is InChI=1S/C19H30N2O2/c1-7-9-17(10-11-19-21-15(5)12-23-19)13-22-16(6)18(8-2)20-14(3)4/h8,10-11,13,15-16H,7,9,12H2,1-6H3/b11-10+,17-13+,18-8-. The SMILES string of the molecule is C/C=C(\N=C(C)C)C(C)O/C=C(/C=C/C1=NC(C)CO1)CCC. The van der Waals surface area contributed by atoms with Crippen molar-refractivity contribution in [2.75, 3.05) is 6.61 Å².